The number of carbonyl (C=O) groups is 1. The molecule has 1 amide bonds. The first-order valence-corrected chi connectivity index (χ1v) is 7.28. The zero-order chi connectivity index (χ0) is 14.9. The lowest BCUT2D eigenvalue weighted by Gasteiger charge is -2.38. The largest absolute Gasteiger partial charge is 0.350 e. The Bertz CT molecular complexity index is 653. The van der Waals surface area contributed by atoms with Crippen molar-refractivity contribution >= 4 is 5.91 Å². The number of amides is 1. The zero-order valence-electron chi connectivity index (χ0n) is 12.4. The summed E-state index contributed by atoms with van der Waals surface area (Å²) in [5.41, 5.74) is 1.83. The van der Waals surface area contributed by atoms with Gasteiger partial charge in [-0.15, -0.1) is 0 Å². The van der Waals surface area contributed by atoms with Gasteiger partial charge in [0, 0.05) is 30.3 Å². The first-order valence-electron chi connectivity index (χ1n) is 7.28. The molecule has 3 rings (SSSR count). The van der Waals surface area contributed by atoms with Crippen LogP contribution >= 0.6 is 0 Å². The summed E-state index contributed by atoms with van der Waals surface area (Å²) in [6, 6.07) is 17.7. The van der Waals surface area contributed by atoms with Gasteiger partial charge in [0.15, 0.2) is 5.72 Å². The molecule has 21 heavy (non-hydrogen) atoms. The van der Waals surface area contributed by atoms with Gasteiger partial charge in [-0.1, -0.05) is 55.5 Å². The highest BCUT2D eigenvalue weighted by Gasteiger charge is 2.50. The molecule has 1 heterocycles. The highest BCUT2D eigenvalue weighted by atomic mass is 16.5. The summed E-state index contributed by atoms with van der Waals surface area (Å²) in [5.74, 6) is 0.0400. The number of fused-ring (bicyclic) bond motifs is 1. The first kappa shape index (κ1) is 13.8. The van der Waals surface area contributed by atoms with Crippen molar-refractivity contribution in [3.05, 3.63) is 71.3 Å². The molecular formula is C18H19NO2. The fourth-order valence-corrected chi connectivity index (χ4v) is 3.19. The molecule has 0 saturated carbocycles. The van der Waals surface area contributed by atoms with Crippen LogP contribution in [0, 0.1) is 0 Å². The van der Waals surface area contributed by atoms with Crippen LogP contribution in [0.1, 0.15) is 34.8 Å². The van der Waals surface area contributed by atoms with Crippen molar-refractivity contribution in [2.75, 3.05) is 13.7 Å². The van der Waals surface area contributed by atoms with E-state index in [4.69, 9.17) is 4.74 Å². The molecule has 1 aliphatic heterocycles. The maximum absolute atomic E-state index is 12.8. The van der Waals surface area contributed by atoms with E-state index in [1.807, 2.05) is 59.5 Å². The predicted octanol–water partition coefficient (Wildman–Crippen LogP) is 3.40. The van der Waals surface area contributed by atoms with E-state index in [1.54, 1.807) is 7.11 Å². The topological polar surface area (TPSA) is 29.5 Å². The Hall–Kier alpha value is -2.13. The van der Waals surface area contributed by atoms with Gasteiger partial charge in [0.2, 0.25) is 0 Å². The third-order valence-electron chi connectivity index (χ3n) is 4.06. The second-order valence-corrected chi connectivity index (χ2v) is 5.22. The molecule has 0 saturated heterocycles. The van der Waals surface area contributed by atoms with Gasteiger partial charge in [-0.3, -0.25) is 4.79 Å². The van der Waals surface area contributed by atoms with Crippen molar-refractivity contribution < 1.29 is 9.53 Å². The second kappa shape index (κ2) is 5.34. The van der Waals surface area contributed by atoms with E-state index in [1.165, 1.54) is 0 Å². The number of rotatable bonds is 4. The molecule has 108 valence electrons. The van der Waals surface area contributed by atoms with Gasteiger partial charge in [0.25, 0.3) is 5.91 Å². The maximum Gasteiger partial charge on any atom is 0.257 e. The maximum atomic E-state index is 12.8. The average molecular weight is 281 g/mol. The lowest BCUT2D eigenvalue weighted by Crippen LogP contribution is -2.46. The van der Waals surface area contributed by atoms with Crippen LogP contribution < -0.4 is 0 Å². The Morgan fingerprint density at radius 1 is 1.05 bits per heavy atom. The van der Waals surface area contributed by atoms with E-state index in [0.717, 1.165) is 23.1 Å². The molecule has 1 atom stereocenters. The van der Waals surface area contributed by atoms with E-state index < -0.39 is 5.72 Å². The summed E-state index contributed by atoms with van der Waals surface area (Å²) in [5, 5.41) is 0. The summed E-state index contributed by atoms with van der Waals surface area (Å²) in [4.78, 5) is 14.6. The minimum absolute atomic E-state index is 0.0400. The number of carbonyl (C=O) groups excluding carboxylic acids is 1. The van der Waals surface area contributed by atoms with E-state index in [0.29, 0.717) is 6.54 Å². The highest BCUT2D eigenvalue weighted by Crippen LogP contribution is 2.44. The fraction of sp³-hybridized carbons (Fsp3) is 0.278. The lowest BCUT2D eigenvalue weighted by atomic mass is 9.93. The average Bonchev–Trinajstić information content (AvgIpc) is 2.79. The van der Waals surface area contributed by atoms with Gasteiger partial charge < -0.3 is 9.64 Å². The van der Waals surface area contributed by atoms with Crippen LogP contribution in [0.5, 0.6) is 0 Å². The molecule has 0 N–H and O–H groups in total. The summed E-state index contributed by atoms with van der Waals surface area (Å²) in [6.45, 7) is 2.73. The number of benzene rings is 2. The van der Waals surface area contributed by atoms with E-state index in [9.17, 15) is 4.79 Å². The van der Waals surface area contributed by atoms with Crippen LogP contribution in [0.2, 0.25) is 0 Å². The number of hydrogen-bond donors (Lipinski definition) is 0. The van der Waals surface area contributed by atoms with Crippen molar-refractivity contribution in [3.63, 3.8) is 0 Å². The summed E-state index contributed by atoms with van der Waals surface area (Å²) < 4.78 is 5.95. The Morgan fingerprint density at radius 2 is 1.71 bits per heavy atom. The molecule has 3 nitrogen and oxygen atoms in total. The van der Waals surface area contributed by atoms with Crippen molar-refractivity contribution in [2.24, 2.45) is 0 Å². The minimum atomic E-state index is -0.815. The molecule has 0 fully saturated rings. The van der Waals surface area contributed by atoms with Crippen LogP contribution in [0.3, 0.4) is 0 Å². The minimum Gasteiger partial charge on any atom is -0.350 e. The van der Waals surface area contributed by atoms with Crippen molar-refractivity contribution in [1.82, 2.24) is 4.90 Å². The van der Waals surface area contributed by atoms with Crippen LogP contribution in [-0.2, 0) is 10.5 Å². The van der Waals surface area contributed by atoms with Gasteiger partial charge in [-0.05, 0) is 12.5 Å². The van der Waals surface area contributed by atoms with Gasteiger partial charge in [-0.2, -0.15) is 0 Å². The van der Waals surface area contributed by atoms with Crippen LogP contribution in [0.4, 0.5) is 0 Å². The quantitative estimate of drug-likeness (QED) is 0.859. The molecule has 0 spiro atoms. The van der Waals surface area contributed by atoms with Crippen LogP contribution in [-0.4, -0.2) is 24.5 Å². The SMILES string of the molecule is CCCN1C(=O)c2ccccc2C1(OC)c1ccccc1. The highest BCUT2D eigenvalue weighted by molar-refractivity contribution is 6.00. The van der Waals surface area contributed by atoms with E-state index >= 15 is 0 Å². The molecular weight excluding hydrogens is 262 g/mol. The second-order valence-electron chi connectivity index (χ2n) is 5.22. The van der Waals surface area contributed by atoms with Gasteiger partial charge in [0.1, 0.15) is 0 Å². The van der Waals surface area contributed by atoms with Gasteiger partial charge in [-0.25, -0.2) is 0 Å². The van der Waals surface area contributed by atoms with Gasteiger partial charge >= 0.3 is 0 Å². The Kier molecular flexibility index (Phi) is 3.52. The molecule has 1 unspecified atom stereocenters. The molecule has 1 aliphatic rings. The molecule has 0 radical (unpaired) electrons. The molecule has 2 aromatic carbocycles. The standard InChI is InChI=1S/C18H19NO2/c1-3-13-19-17(20)15-11-7-8-12-16(15)18(19,21-2)14-9-5-4-6-10-14/h4-12H,3,13H2,1-2H3. The third kappa shape index (κ3) is 1.88. The molecule has 0 aromatic heterocycles. The van der Waals surface area contributed by atoms with E-state index in [2.05, 4.69) is 6.92 Å². The van der Waals surface area contributed by atoms with E-state index in [-0.39, 0.29) is 5.91 Å². The lowest BCUT2D eigenvalue weighted by molar-refractivity contribution is -0.0824. The monoisotopic (exact) mass is 281 g/mol. The normalized spacial score (nSPS) is 20.7. The number of ether oxygens (including phenoxy) is 1. The Morgan fingerprint density at radius 3 is 2.38 bits per heavy atom. The summed E-state index contributed by atoms with van der Waals surface area (Å²) in [6.07, 6.45) is 0.887. The van der Waals surface area contributed by atoms with Crippen molar-refractivity contribution in [2.45, 2.75) is 19.1 Å². The zero-order valence-corrected chi connectivity index (χ0v) is 12.4. The number of nitrogens with zero attached hydrogens (tertiary/aromatic N) is 1. The Balaban J connectivity index is 2.27. The van der Waals surface area contributed by atoms with Crippen LogP contribution in [0.15, 0.2) is 54.6 Å². The Labute approximate surface area is 125 Å². The number of methoxy groups -OCH3 is 1. The molecule has 0 aliphatic carbocycles. The summed E-state index contributed by atoms with van der Waals surface area (Å²) in [7, 11) is 1.67. The summed E-state index contributed by atoms with van der Waals surface area (Å²) >= 11 is 0. The first-order chi connectivity index (χ1) is 10.3. The fourth-order valence-electron chi connectivity index (χ4n) is 3.19. The van der Waals surface area contributed by atoms with Gasteiger partial charge in [0.05, 0.1) is 0 Å². The predicted molar refractivity (Wildman–Crippen MR) is 82.0 cm³/mol. The number of hydrogen-bond acceptors (Lipinski definition) is 2. The third-order valence-corrected chi connectivity index (χ3v) is 4.06. The smallest absolute Gasteiger partial charge is 0.257 e. The van der Waals surface area contributed by atoms with Crippen molar-refractivity contribution in [3.8, 4) is 0 Å². The molecule has 0 bridgehead atoms. The molecule has 2 aromatic rings. The van der Waals surface area contributed by atoms with Crippen molar-refractivity contribution in [1.29, 1.82) is 0 Å². The van der Waals surface area contributed by atoms with Crippen LogP contribution in [0.25, 0.3) is 0 Å². The molecule has 3 heteroatoms.